The van der Waals surface area contributed by atoms with E-state index in [0.29, 0.717) is 11.4 Å². The quantitative estimate of drug-likeness (QED) is 0.523. The predicted octanol–water partition coefficient (Wildman–Crippen LogP) is 3.67. The topological polar surface area (TPSA) is 111 Å². The highest BCUT2D eigenvalue weighted by atomic mass is 32.2. The average Bonchev–Trinajstić information content (AvgIpc) is 2.79. The molecule has 0 aliphatic rings. The van der Waals surface area contributed by atoms with Crippen LogP contribution in [0.3, 0.4) is 0 Å². The normalized spacial score (nSPS) is 10.8. The molecular weight excluding hydrogens is 439 g/mol. The SMILES string of the molecule is COC(=O)c1ccc(F)c(S(=O)(=O)Nc2ccc(C(=O)Nc3ccccc3OC)cc2)c1. The molecule has 166 valence electrons. The van der Waals surface area contributed by atoms with Crippen molar-refractivity contribution in [3.05, 3.63) is 83.7 Å². The molecule has 0 fully saturated rings. The number of para-hydroxylation sites is 2. The molecule has 3 aromatic rings. The van der Waals surface area contributed by atoms with Gasteiger partial charge in [0, 0.05) is 11.3 Å². The van der Waals surface area contributed by atoms with E-state index in [1.165, 1.54) is 31.4 Å². The van der Waals surface area contributed by atoms with E-state index in [0.717, 1.165) is 25.3 Å². The highest BCUT2D eigenvalue weighted by Gasteiger charge is 2.22. The van der Waals surface area contributed by atoms with Crippen molar-refractivity contribution in [3.8, 4) is 5.75 Å². The summed E-state index contributed by atoms with van der Waals surface area (Å²) in [5.74, 6) is -1.77. The Morgan fingerprint density at radius 3 is 2.22 bits per heavy atom. The summed E-state index contributed by atoms with van der Waals surface area (Å²) in [4.78, 5) is 23.4. The van der Waals surface area contributed by atoms with E-state index >= 15 is 0 Å². The lowest BCUT2D eigenvalue weighted by Crippen LogP contribution is -2.16. The molecule has 1 amide bonds. The number of hydrogen-bond donors (Lipinski definition) is 2. The molecule has 10 heteroatoms. The van der Waals surface area contributed by atoms with Crippen LogP contribution >= 0.6 is 0 Å². The van der Waals surface area contributed by atoms with Crippen LogP contribution in [0.25, 0.3) is 0 Å². The first kappa shape index (κ1) is 22.8. The number of nitrogens with one attached hydrogen (secondary N) is 2. The van der Waals surface area contributed by atoms with E-state index < -0.39 is 32.6 Å². The van der Waals surface area contributed by atoms with Gasteiger partial charge in [-0.2, -0.15) is 0 Å². The van der Waals surface area contributed by atoms with Gasteiger partial charge in [0.2, 0.25) is 0 Å². The van der Waals surface area contributed by atoms with Crippen LogP contribution in [0.1, 0.15) is 20.7 Å². The van der Waals surface area contributed by atoms with E-state index in [-0.39, 0.29) is 16.8 Å². The van der Waals surface area contributed by atoms with Crippen LogP contribution in [0.15, 0.2) is 71.6 Å². The number of sulfonamides is 1. The number of methoxy groups -OCH3 is 2. The third-order valence-electron chi connectivity index (χ3n) is 4.40. The number of carbonyl (C=O) groups excluding carboxylic acids is 2. The minimum Gasteiger partial charge on any atom is -0.495 e. The summed E-state index contributed by atoms with van der Waals surface area (Å²) in [5, 5.41) is 2.71. The van der Waals surface area contributed by atoms with Crippen LogP contribution in [0.5, 0.6) is 5.75 Å². The molecule has 3 rings (SSSR count). The van der Waals surface area contributed by atoms with Gasteiger partial charge in [-0.05, 0) is 54.6 Å². The van der Waals surface area contributed by atoms with Crippen molar-refractivity contribution in [2.24, 2.45) is 0 Å². The zero-order chi connectivity index (χ0) is 23.3. The summed E-state index contributed by atoms with van der Waals surface area (Å²) in [5.41, 5.74) is 0.725. The van der Waals surface area contributed by atoms with Gasteiger partial charge in [-0.15, -0.1) is 0 Å². The Morgan fingerprint density at radius 1 is 0.906 bits per heavy atom. The lowest BCUT2D eigenvalue weighted by atomic mass is 10.2. The van der Waals surface area contributed by atoms with Crippen LogP contribution < -0.4 is 14.8 Å². The van der Waals surface area contributed by atoms with Crippen LogP contribution in [0.4, 0.5) is 15.8 Å². The molecule has 0 heterocycles. The van der Waals surface area contributed by atoms with Crippen molar-refractivity contribution >= 4 is 33.3 Å². The first-order valence-electron chi connectivity index (χ1n) is 9.20. The van der Waals surface area contributed by atoms with Crippen LogP contribution in [-0.4, -0.2) is 34.5 Å². The summed E-state index contributed by atoms with van der Waals surface area (Å²) >= 11 is 0. The average molecular weight is 458 g/mol. The minimum atomic E-state index is -4.35. The van der Waals surface area contributed by atoms with Gasteiger partial charge in [0.25, 0.3) is 15.9 Å². The third kappa shape index (κ3) is 5.03. The lowest BCUT2D eigenvalue weighted by Gasteiger charge is -2.12. The second kappa shape index (κ2) is 9.48. The van der Waals surface area contributed by atoms with E-state index in [9.17, 15) is 22.4 Å². The highest BCUT2D eigenvalue weighted by molar-refractivity contribution is 7.92. The molecule has 0 aliphatic carbocycles. The van der Waals surface area contributed by atoms with Gasteiger partial charge in [-0.25, -0.2) is 17.6 Å². The van der Waals surface area contributed by atoms with Crippen molar-refractivity contribution in [2.45, 2.75) is 4.90 Å². The number of benzene rings is 3. The fourth-order valence-corrected chi connectivity index (χ4v) is 3.96. The molecular formula is C22H19FN2O6S. The Kier molecular flexibility index (Phi) is 6.74. The number of halogens is 1. The maximum absolute atomic E-state index is 14.1. The van der Waals surface area contributed by atoms with E-state index in [2.05, 4.69) is 14.8 Å². The summed E-state index contributed by atoms with van der Waals surface area (Å²) in [6, 6.07) is 15.3. The summed E-state index contributed by atoms with van der Waals surface area (Å²) in [7, 11) is -1.74. The molecule has 0 bridgehead atoms. The molecule has 2 N–H and O–H groups in total. The van der Waals surface area contributed by atoms with E-state index in [1.807, 2.05) is 0 Å². The molecule has 3 aromatic carbocycles. The number of carbonyl (C=O) groups is 2. The van der Waals surface area contributed by atoms with Crippen LogP contribution in [-0.2, 0) is 14.8 Å². The largest absolute Gasteiger partial charge is 0.495 e. The third-order valence-corrected chi connectivity index (χ3v) is 5.79. The summed E-state index contributed by atoms with van der Waals surface area (Å²) in [6.07, 6.45) is 0. The Bertz CT molecular complexity index is 1260. The number of hydrogen-bond acceptors (Lipinski definition) is 6. The van der Waals surface area contributed by atoms with Crippen molar-refractivity contribution in [3.63, 3.8) is 0 Å². The molecule has 0 atom stereocenters. The van der Waals surface area contributed by atoms with Crippen molar-refractivity contribution in [1.82, 2.24) is 0 Å². The molecule has 0 saturated carbocycles. The maximum atomic E-state index is 14.1. The Labute approximate surface area is 184 Å². The van der Waals surface area contributed by atoms with E-state index in [4.69, 9.17) is 4.74 Å². The number of ether oxygens (including phenoxy) is 2. The van der Waals surface area contributed by atoms with E-state index in [1.54, 1.807) is 24.3 Å². The van der Waals surface area contributed by atoms with Gasteiger partial charge in [-0.1, -0.05) is 12.1 Å². The molecule has 0 saturated heterocycles. The molecule has 32 heavy (non-hydrogen) atoms. The molecule has 0 aliphatic heterocycles. The van der Waals surface area contributed by atoms with Crippen LogP contribution in [0, 0.1) is 5.82 Å². The second-order valence-electron chi connectivity index (χ2n) is 6.47. The summed E-state index contributed by atoms with van der Waals surface area (Å²) < 4.78 is 51.3. The van der Waals surface area contributed by atoms with Crippen molar-refractivity contribution in [2.75, 3.05) is 24.3 Å². The number of anilines is 2. The standard InChI is InChI=1S/C22H19FN2O6S/c1-30-19-6-4-3-5-18(19)24-21(26)14-7-10-16(11-8-14)25-32(28,29)20-13-15(22(27)31-2)9-12-17(20)23/h3-13,25H,1-2H3,(H,24,26). The molecule has 0 spiro atoms. The maximum Gasteiger partial charge on any atom is 0.337 e. The number of amides is 1. The van der Waals surface area contributed by atoms with Gasteiger partial charge >= 0.3 is 5.97 Å². The minimum absolute atomic E-state index is 0.0988. The monoisotopic (exact) mass is 458 g/mol. The van der Waals surface area contributed by atoms with Crippen molar-refractivity contribution < 1.29 is 31.9 Å². The Morgan fingerprint density at radius 2 is 1.56 bits per heavy atom. The number of esters is 1. The smallest absolute Gasteiger partial charge is 0.337 e. The number of rotatable bonds is 7. The van der Waals surface area contributed by atoms with Gasteiger partial charge < -0.3 is 14.8 Å². The van der Waals surface area contributed by atoms with Gasteiger partial charge in [0.05, 0.1) is 25.5 Å². The lowest BCUT2D eigenvalue weighted by molar-refractivity contribution is 0.0600. The Balaban J connectivity index is 1.78. The molecule has 0 unspecified atom stereocenters. The van der Waals surface area contributed by atoms with Crippen molar-refractivity contribution in [1.29, 1.82) is 0 Å². The van der Waals surface area contributed by atoms with Gasteiger partial charge in [0.15, 0.2) is 0 Å². The zero-order valence-electron chi connectivity index (χ0n) is 17.1. The zero-order valence-corrected chi connectivity index (χ0v) is 17.9. The first-order chi connectivity index (χ1) is 15.2. The molecule has 0 aromatic heterocycles. The predicted molar refractivity (Wildman–Crippen MR) is 116 cm³/mol. The summed E-state index contributed by atoms with van der Waals surface area (Å²) in [6.45, 7) is 0. The Hall–Kier alpha value is -3.92. The van der Waals surface area contributed by atoms with Gasteiger partial charge in [-0.3, -0.25) is 9.52 Å². The molecule has 0 radical (unpaired) electrons. The van der Waals surface area contributed by atoms with Gasteiger partial charge in [0.1, 0.15) is 16.5 Å². The first-order valence-corrected chi connectivity index (χ1v) is 10.7. The fourth-order valence-electron chi connectivity index (χ4n) is 2.80. The highest BCUT2D eigenvalue weighted by Crippen LogP contribution is 2.24. The molecule has 8 nitrogen and oxygen atoms in total. The second-order valence-corrected chi connectivity index (χ2v) is 8.12. The fraction of sp³-hybridized carbons (Fsp3) is 0.0909. The van der Waals surface area contributed by atoms with Crippen LogP contribution in [0.2, 0.25) is 0 Å².